The Balaban J connectivity index is 0. The second kappa shape index (κ2) is 10.5. The Hall–Kier alpha value is -1.06. The van der Waals surface area contributed by atoms with Crippen LogP contribution in [-0.4, -0.2) is 23.1 Å². The van der Waals surface area contributed by atoms with Crippen LogP contribution in [0.5, 0.6) is 0 Å². The molecule has 0 amide bonds. The van der Waals surface area contributed by atoms with Crippen molar-refractivity contribution in [2.45, 2.75) is 60.0 Å². The third-order valence-electron chi connectivity index (χ3n) is 1.90. The third-order valence-corrected chi connectivity index (χ3v) is 1.90. The lowest BCUT2D eigenvalue weighted by Gasteiger charge is -2.20. The number of aliphatic carboxylic acids is 1. The van der Waals surface area contributed by atoms with Gasteiger partial charge in [0.05, 0.1) is 0 Å². The molecule has 0 aliphatic carbocycles. The summed E-state index contributed by atoms with van der Waals surface area (Å²) < 4.78 is 5.17. The highest BCUT2D eigenvalue weighted by molar-refractivity contribution is 5.66. The molecule has 0 aliphatic heterocycles. The zero-order valence-electron chi connectivity index (χ0n) is 10.9. The Morgan fingerprint density at radius 1 is 1.25 bits per heavy atom. The minimum Gasteiger partial charge on any atom is -0.481 e. The van der Waals surface area contributed by atoms with E-state index in [0.29, 0.717) is 5.92 Å². The maximum Gasteiger partial charge on any atom is 0.302 e. The van der Waals surface area contributed by atoms with Gasteiger partial charge in [0, 0.05) is 13.8 Å². The Morgan fingerprint density at radius 2 is 1.69 bits per heavy atom. The van der Waals surface area contributed by atoms with Gasteiger partial charge in [0.2, 0.25) is 0 Å². The normalized spacial score (nSPS) is 11.4. The molecule has 0 aromatic heterocycles. The summed E-state index contributed by atoms with van der Waals surface area (Å²) in [6.45, 7) is 8.87. The molecule has 0 radical (unpaired) electrons. The number of ether oxygens (including phenoxy) is 1. The average molecular weight is 232 g/mol. The van der Waals surface area contributed by atoms with Gasteiger partial charge in [-0.3, -0.25) is 9.59 Å². The standard InChI is InChI=1S/C10H20O2.C2H4O2/c1-5-6-7-10(8(2)3)12-9(4)11;1-2(3)4/h8,10H,5-7H2,1-4H3;1H3,(H,3,4). The molecule has 1 atom stereocenters. The lowest BCUT2D eigenvalue weighted by molar-refractivity contribution is -0.149. The highest BCUT2D eigenvalue weighted by atomic mass is 16.5. The molecular formula is C12H24O4. The zero-order valence-corrected chi connectivity index (χ0v) is 10.9. The van der Waals surface area contributed by atoms with E-state index in [1.165, 1.54) is 6.92 Å². The predicted molar refractivity (Wildman–Crippen MR) is 63.2 cm³/mol. The largest absolute Gasteiger partial charge is 0.481 e. The van der Waals surface area contributed by atoms with E-state index < -0.39 is 5.97 Å². The molecule has 0 rings (SSSR count). The summed E-state index contributed by atoms with van der Waals surface area (Å²) in [5, 5.41) is 7.42. The number of hydrogen-bond acceptors (Lipinski definition) is 3. The molecule has 0 aromatic rings. The number of carbonyl (C=O) groups is 2. The van der Waals surface area contributed by atoms with E-state index >= 15 is 0 Å². The Morgan fingerprint density at radius 3 is 1.94 bits per heavy atom. The van der Waals surface area contributed by atoms with Gasteiger partial charge in [0.1, 0.15) is 6.10 Å². The molecule has 0 aliphatic rings. The van der Waals surface area contributed by atoms with Crippen LogP contribution in [0.15, 0.2) is 0 Å². The molecule has 0 saturated heterocycles. The predicted octanol–water partition coefficient (Wildman–Crippen LogP) is 2.86. The van der Waals surface area contributed by atoms with Crippen molar-refractivity contribution in [3.63, 3.8) is 0 Å². The monoisotopic (exact) mass is 232 g/mol. The molecule has 0 fully saturated rings. The van der Waals surface area contributed by atoms with Crippen LogP contribution in [0.3, 0.4) is 0 Å². The summed E-state index contributed by atoms with van der Waals surface area (Å²) in [5.41, 5.74) is 0. The van der Waals surface area contributed by atoms with Crippen molar-refractivity contribution in [1.29, 1.82) is 0 Å². The van der Waals surface area contributed by atoms with Gasteiger partial charge in [0.15, 0.2) is 0 Å². The summed E-state index contributed by atoms with van der Waals surface area (Å²) in [4.78, 5) is 19.7. The van der Waals surface area contributed by atoms with Gasteiger partial charge in [-0.15, -0.1) is 0 Å². The van der Waals surface area contributed by atoms with Gasteiger partial charge in [-0.1, -0.05) is 33.6 Å². The maximum atomic E-state index is 10.7. The van der Waals surface area contributed by atoms with E-state index in [9.17, 15) is 4.79 Å². The van der Waals surface area contributed by atoms with Crippen molar-refractivity contribution >= 4 is 11.9 Å². The number of carboxylic acid groups (broad SMARTS) is 1. The first-order chi connectivity index (χ1) is 7.31. The molecule has 1 unspecified atom stereocenters. The van der Waals surface area contributed by atoms with Gasteiger partial charge >= 0.3 is 5.97 Å². The van der Waals surface area contributed by atoms with Crippen molar-refractivity contribution in [3.8, 4) is 0 Å². The minimum absolute atomic E-state index is 0.113. The first-order valence-corrected chi connectivity index (χ1v) is 5.68. The Labute approximate surface area is 98.0 Å². The Kier molecular flexibility index (Phi) is 11.3. The number of carboxylic acids is 1. The molecule has 1 N–H and O–H groups in total. The van der Waals surface area contributed by atoms with E-state index in [2.05, 4.69) is 20.8 Å². The molecular weight excluding hydrogens is 208 g/mol. The van der Waals surface area contributed by atoms with E-state index in [1.54, 1.807) is 0 Å². The molecule has 0 bridgehead atoms. The summed E-state index contributed by atoms with van der Waals surface area (Å²) in [7, 11) is 0. The molecule has 4 nitrogen and oxygen atoms in total. The van der Waals surface area contributed by atoms with Crippen LogP contribution in [0.1, 0.15) is 53.9 Å². The topological polar surface area (TPSA) is 63.6 Å². The van der Waals surface area contributed by atoms with Gasteiger partial charge in [0.25, 0.3) is 5.97 Å². The highest BCUT2D eigenvalue weighted by Gasteiger charge is 2.15. The number of unbranched alkanes of at least 4 members (excludes halogenated alkanes) is 1. The number of carbonyl (C=O) groups excluding carboxylic acids is 1. The van der Waals surface area contributed by atoms with Crippen LogP contribution in [0, 0.1) is 5.92 Å². The molecule has 0 aromatic carbocycles. The Bertz CT molecular complexity index is 195. The van der Waals surface area contributed by atoms with Crippen molar-refractivity contribution < 1.29 is 19.4 Å². The van der Waals surface area contributed by atoms with Gasteiger partial charge in [-0.05, 0) is 12.3 Å². The second-order valence-electron chi connectivity index (χ2n) is 4.05. The quantitative estimate of drug-likeness (QED) is 0.740. The zero-order chi connectivity index (χ0) is 13.1. The van der Waals surface area contributed by atoms with Crippen LogP contribution < -0.4 is 0 Å². The van der Waals surface area contributed by atoms with Crippen LogP contribution >= 0.6 is 0 Å². The van der Waals surface area contributed by atoms with Crippen LogP contribution in [0.25, 0.3) is 0 Å². The van der Waals surface area contributed by atoms with Gasteiger partial charge < -0.3 is 9.84 Å². The summed E-state index contributed by atoms with van der Waals surface area (Å²) in [6, 6.07) is 0. The summed E-state index contributed by atoms with van der Waals surface area (Å²) in [6.07, 6.45) is 3.40. The minimum atomic E-state index is -0.833. The lowest BCUT2D eigenvalue weighted by atomic mass is 10.0. The van der Waals surface area contributed by atoms with Crippen LogP contribution in [0.2, 0.25) is 0 Å². The maximum absolute atomic E-state index is 10.7. The van der Waals surface area contributed by atoms with Crippen molar-refractivity contribution in [3.05, 3.63) is 0 Å². The fourth-order valence-electron chi connectivity index (χ4n) is 1.15. The van der Waals surface area contributed by atoms with Crippen molar-refractivity contribution in [2.75, 3.05) is 0 Å². The van der Waals surface area contributed by atoms with Crippen molar-refractivity contribution in [2.24, 2.45) is 5.92 Å². The first-order valence-electron chi connectivity index (χ1n) is 5.68. The fraction of sp³-hybridized carbons (Fsp3) is 0.833. The molecule has 0 saturated carbocycles. The summed E-state index contributed by atoms with van der Waals surface area (Å²) in [5.74, 6) is -0.565. The van der Waals surface area contributed by atoms with E-state index in [-0.39, 0.29) is 12.1 Å². The van der Waals surface area contributed by atoms with Crippen LogP contribution in [0.4, 0.5) is 0 Å². The van der Waals surface area contributed by atoms with Gasteiger partial charge in [-0.25, -0.2) is 0 Å². The number of esters is 1. The second-order valence-corrected chi connectivity index (χ2v) is 4.05. The first kappa shape index (κ1) is 17.3. The number of hydrogen-bond donors (Lipinski definition) is 1. The molecule has 0 heterocycles. The van der Waals surface area contributed by atoms with Gasteiger partial charge in [-0.2, -0.15) is 0 Å². The van der Waals surface area contributed by atoms with Crippen LogP contribution in [-0.2, 0) is 14.3 Å². The van der Waals surface area contributed by atoms with E-state index in [1.807, 2.05) is 0 Å². The highest BCUT2D eigenvalue weighted by Crippen LogP contribution is 2.14. The average Bonchev–Trinajstić information content (AvgIpc) is 2.10. The molecule has 0 spiro atoms. The molecule has 4 heteroatoms. The SMILES string of the molecule is CC(=O)O.CCCCC(OC(C)=O)C(C)C. The van der Waals surface area contributed by atoms with Crippen molar-refractivity contribution in [1.82, 2.24) is 0 Å². The van der Waals surface area contributed by atoms with E-state index in [0.717, 1.165) is 26.2 Å². The number of rotatable bonds is 5. The summed E-state index contributed by atoms with van der Waals surface area (Å²) >= 11 is 0. The molecule has 96 valence electrons. The third kappa shape index (κ3) is 15.4. The fourth-order valence-corrected chi connectivity index (χ4v) is 1.15. The lowest BCUT2D eigenvalue weighted by Crippen LogP contribution is -2.22. The van der Waals surface area contributed by atoms with E-state index in [4.69, 9.17) is 14.6 Å². The smallest absolute Gasteiger partial charge is 0.302 e. The molecule has 16 heavy (non-hydrogen) atoms.